The van der Waals surface area contributed by atoms with Gasteiger partial charge in [0.05, 0.1) is 7.11 Å². The Labute approximate surface area is 305 Å². The van der Waals surface area contributed by atoms with Gasteiger partial charge >= 0.3 is 5.97 Å². The predicted octanol–water partition coefficient (Wildman–Crippen LogP) is 11.1. The van der Waals surface area contributed by atoms with Crippen molar-refractivity contribution in [2.24, 2.45) is 0 Å². The minimum absolute atomic E-state index is 0.303. The van der Waals surface area contributed by atoms with Crippen molar-refractivity contribution in [3.8, 4) is 34.1 Å². The molecular weight excluding hydrogens is 663 g/mol. The number of esters is 1. The van der Waals surface area contributed by atoms with Crippen LogP contribution in [0, 0.1) is 20.8 Å². The summed E-state index contributed by atoms with van der Waals surface area (Å²) in [5.41, 5.74) is 9.16. The van der Waals surface area contributed by atoms with Crippen LogP contribution in [0.1, 0.15) is 45.9 Å². The zero-order chi connectivity index (χ0) is 36.6. The van der Waals surface area contributed by atoms with Gasteiger partial charge in [0.1, 0.15) is 35.3 Å². The van der Waals surface area contributed by atoms with Gasteiger partial charge in [-0.15, -0.1) is 0 Å². The van der Waals surface area contributed by atoms with E-state index in [0.29, 0.717) is 29.0 Å². The van der Waals surface area contributed by atoms with Crippen molar-refractivity contribution in [3.05, 3.63) is 185 Å². The number of methoxy groups -OCH3 is 1. The van der Waals surface area contributed by atoms with Crippen molar-refractivity contribution in [1.29, 1.82) is 0 Å². The fourth-order valence-corrected chi connectivity index (χ4v) is 11.8. The van der Waals surface area contributed by atoms with E-state index in [1.807, 2.05) is 91.0 Å². The van der Waals surface area contributed by atoms with Gasteiger partial charge in [0, 0.05) is 17.0 Å². The minimum atomic E-state index is -3.53. The third kappa shape index (κ3) is 5.95. The second-order valence-corrected chi connectivity index (χ2v) is 16.5. The number of carbonyl (C=O) groups is 1. The van der Waals surface area contributed by atoms with E-state index in [-0.39, 0.29) is 0 Å². The summed E-state index contributed by atoms with van der Waals surface area (Å²) in [5, 5.41) is -0.373. The maximum Gasteiger partial charge on any atom is 0.338 e. The molecule has 6 heteroatoms. The van der Waals surface area contributed by atoms with Crippen LogP contribution >= 0.6 is 7.14 Å². The highest BCUT2D eigenvalue weighted by atomic mass is 31.2. The highest BCUT2D eigenvalue weighted by Crippen LogP contribution is 2.72. The van der Waals surface area contributed by atoms with Gasteiger partial charge in [-0.1, -0.05) is 109 Å². The summed E-state index contributed by atoms with van der Waals surface area (Å²) < 4.78 is 34.6. The van der Waals surface area contributed by atoms with Gasteiger partial charge < -0.3 is 18.8 Å². The lowest BCUT2D eigenvalue weighted by atomic mass is 9.83. The number of ether oxygens (including phenoxy) is 3. The number of carbonyl (C=O) groups excluding carboxylic acids is 1. The molecule has 6 aromatic rings. The van der Waals surface area contributed by atoms with Crippen molar-refractivity contribution in [3.63, 3.8) is 0 Å². The van der Waals surface area contributed by atoms with Crippen LogP contribution in [0.2, 0.25) is 0 Å². The van der Waals surface area contributed by atoms with Crippen molar-refractivity contribution in [2.45, 2.75) is 39.0 Å². The van der Waals surface area contributed by atoms with Gasteiger partial charge in [-0.2, -0.15) is 0 Å². The average Bonchev–Trinajstić information content (AvgIpc) is 3.15. The van der Waals surface area contributed by atoms with Gasteiger partial charge in [0.2, 0.25) is 0 Å². The Hall–Kier alpha value is -5.64. The molecule has 5 nitrogen and oxygen atoms in total. The van der Waals surface area contributed by atoms with Crippen LogP contribution in [0.15, 0.2) is 146 Å². The third-order valence-electron chi connectivity index (χ3n) is 9.97. The molecule has 0 spiro atoms. The topological polar surface area (TPSA) is 61.8 Å². The van der Waals surface area contributed by atoms with E-state index in [1.165, 1.54) is 5.56 Å². The van der Waals surface area contributed by atoms with E-state index in [9.17, 15) is 4.79 Å². The summed E-state index contributed by atoms with van der Waals surface area (Å²) in [7, 11) is -1.89. The van der Waals surface area contributed by atoms with Gasteiger partial charge in [-0.3, -0.25) is 0 Å². The highest BCUT2D eigenvalue weighted by molar-refractivity contribution is 7.73. The smallest absolute Gasteiger partial charge is 0.338 e. The molecule has 52 heavy (non-hydrogen) atoms. The van der Waals surface area contributed by atoms with Crippen LogP contribution in [-0.2, 0) is 20.7 Å². The molecule has 0 saturated heterocycles. The molecule has 0 amide bonds. The van der Waals surface area contributed by atoms with Crippen molar-refractivity contribution in [1.82, 2.24) is 0 Å². The molecule has 0 saturated carbocycles. The highest BCUT2D eigenvalue weighted by Gasteiger charge is 2.55. The second kappa shape index (κ2) is 13.8. The van der Waals surface area contributed by atoms with Crippen molar-refractivity contribution < 1.29 is 23.6 Å². The Morgan fingerprint density at radius 1 is 0.673 bits per heavy atom. The molecule has 0 N–H and O–H groups in total. The average molecular weight is 705 g/mol. The minimum Gasteiger partial charge on any atom is -0.497 e. The number of benzene rings is 6. The summed E-state index contributed by atoms with van der Waals surface area (Å²) in [6.45, 7) is 11.5. The van der Waals surface area contributed by atoms with E-state index >= 15 is 4.57 Å². The monoisotopic (exact) mass is 704 g/mol. The van der Waals surface area contributed by atoms with Gasteiger partial charge in [0.25, 0.3) is 0 Å². The number of fused-ring (bicyclic) bond motifs is 3. The number of rotatable bonds is 9. The zero-order valence-corrected chi connectivity index (χ0v) is 31.0. The summed E-state index contributed by atoms with van der Waals surface area (Å²) in [5.74, 6) is 2.07. The van der Waals surface area contributed by atoms with Gasteiger partial charge in [-0.05, 0) is 109 Å². The lowest BCUT2D eigenvalue weighted by Gasteiger charge is -2.45. The Balaban J connectivity index is 1.50. The number of aryl methyl sites for hydroxylation is 3. The molecule has 0 bridgehead atoms. The molecule has 1 aliphatic rings. The summed E-state index contributed by atoms with van der Waals surface area (Å²) in [4.78, 5) is 12.5. The van der Waals surface area contributed by atoms with E-state index in [4.69, 9.17) is 14.2 Å². The predicted molar refractivity (Wildman–Crippen MR) is 210 cm³/mol. The van der Waals surface area contributed by atoms with Crippen LogP contribution in [0.3, 0.4) is 0 Å². The van der Waals surface area contributed by atoms with Crippen LogP contribution in [0.25, 0.3) is 11.1 Å². The third-order valence-corrected chi connectivity index (χ3v) is 13.8. The van der Waals surface area contributed by atoms with E-state index in [0.717, 1.165) is 55.6 Å². The molecule has 0 aliphatic carbocycles. The molecule has 0 radical (unpaired) electrons. The Kier molecular flexibility index (Phi) is 9.25. The summed E-state index contributed by atoms with van der Waals surface area (Å²) >= 11 is 0. The van der Waals surface area contributed by atoms with Crippen LogP contribution in [0.4, 0.5) is 0 Å². The first-order chi connectivity index (χ1) is 25.0. The largest absolute Gasteiger partial charge is 0.497 e. The molecule has 0 fully saturated rings. The molecule has 0 aromatic heterocycles. The Morgan fingerprint density at radius 2 is 1.17 bits per heavy atom. The first-order valence-electron chi connectivity index (χ1n) is 17.3. The van der Waals surface area contributed by atoms with Crippen LogP contribution in [-0.4, -0.2) is 13.1 Å². The molecule has 2 atom stereocenters. The number of hydrogen-bond acceptors (Lipinski definition) is 5. The van der Waals surface area contributed by atoms with Gasteiger partial charge in [0.15, 0.2) is 0 Å². The molecule has 2 unspecified atom stereocenters. The normalized spacial score (nSPS) is 15.8. The van der Waals surface area contributed by atoms with Gasteiger partial charge in [-0.25, -0.2) is 4.79 Å². The fourth-order valence-electron chi connectivity index (χ4n) is 7.69. The van der Waals surface area contributed by atoms with Crippen molar-refractivity contribution in [2.75, 3.05) is 7.11 Å². The fraction of sp³-hybridized carbons (Fsp3) is 0.152. The second-order valence-electron chi connectivity index (χ2n) is 13.6. The first kappa shape index (κ1) is 34.8. The quantitative estimate of drug-likeness (QED) is 0.0493. The molecular formula is C46H41O5P. The molecule has 1 aliphatic heterocycles. The first-order valence-corrected chi connectivity index (χ1v) is 19.2. The van der Waals surface area contributed by atoms with E-state index in [1.54, 1.807) is 26.2 Å². The molecule has 7 rings (SSSR count). The molecule has 1 heterocycles. The van der Waals surface area contributed by atoms with Crippen LogP contribution < -0.4 is 19.5 Å². The van der Waals surface area contributed by atoms with Crippen molar-refractivity contribution >= 4 is 18.4 Å². The standard InChI is InChI=1S/C46H41O5P/c1-30(2)45(47)51-40-25-19-37(20-26-40)46(35-15-21-38(49-6)22-16-35,36-17-23-39(24-18-36)50-44-32(4)27-31(3)28-33(44)5)52(48)29-34-11-7-8-12-41(34)42-13-9-10-14-43(42)52/h7-28H,1,29H2,2-6H3. The van der Waals surface area contributed by atoms with E-state index < -0.39 is 18.3 Å². The lowest BCUT2D eigenvalue weighted by molar-refractivity contribution is -0.130. The van der Waals surface area contributed by atoms with E-state index in [2.05, 4.69) is 57.7 Å². The summed E-state index contributed by atoms with van der Waals surface area (Å²) in [6.07, 6.45) is 0.332. The zero-order valence-electron chi connectivity index (χ0n) is 30.1. The number of hydrogen-bond donors (Lipinski definition) is 0. The Morgan fingerprint density at radius 3 is 1.73 bits per heavy atom. The maximum atomic E-state index is 16.9. The maximum absolute atomic E-state index is 16.9. The lowest BCUT2D eigenvalue weighted by Crippen LogP contribution is -2.36. The Bertz CT molecular complexity index is 2330. The molecule has 260 valence electrons. The van der Waals surface area contributed by atoms with Crippen LogP contribution in [0.5, 0.6) is 23.0 Å². The summed E-state index contributed by atoms with van der Waals surface area (Å²) in [6, 6.07) is 43.8. The SMILES string of the molecule is C=C(C)C(=O)Oc1ccc(C(c2ccc(OC)cc2)(c2ccc(Oc3c(C)cc(C)cc3C)cc2)P2(=O)Cc3ccccc3-c3ccccc32)cc1. The molecule has 6 aromatic carbocycles.